The molecular weight excluding hydrogens is 240 g/mol. The summed E-state index contributed by atoms with van der Waals surface area (Å²) in [6.45, 7) is 7.68. The van der Waals surface area contributed by atoms with Crippen LogP contribution < -0.4 is 0 Å². The van der Waals surface area contributed by atoms with E-state index in [0.717, 1.165) is 0 Å². The van der Waals surface area contributed by atoms with Crippen LogP contribution in [0.4, 0.5) is 0 Å². The standard InChI is InChI=1S/C12H20O6/c1-11(2)14-5-6(16-11)8-7(13)9-10(15-8)18-12(3,4)17-9/h6-10,13H,5H2,1-4H3/t6-,7?,8+,9-,10-/m1/s1. The van der Waals surface area contributed by atoms with Gasteiger partial charge in [0.15, 0.2) is 17.9 Å². The van der Waals surface area contributed by atoms with E-state index in [-0.39, 0.29) is 6.10 Å². The average Bonchev–Trinajstić information content (AvgIpc) is 2.81. The van der Waals surface area contributed by atoms with E-state index in [4.69, 9.17) is 23.7 Å². The summed E-state index contributed by atoms with van der Waals surface area (Å²) in [6, 6.07) is 0. The summed E-state index contributed by atoms with van der Waals surface area (Å²) in [4.78, 5) is 0. The molecule has 1 unspecified atom stereocenters. The van der Waals surface area contributed by atoms with Crippen LogP contribution in [-0.4, -0.2) is 54.0 Å². The lowest BCUT2D eigenvalue weighted by molar-refractivity contribution is -0.232. The molecule has 3 aliphatic rings. The molecular formula is C12H20O6. The number of aliphatic hydroxyl groups is 1. The minimum absolute atomic E-state index is 0.295. The van der Waals surface area contributed by atoms with E-state index >= 15 is 0 Å². The summed E-state index contributed by atoms with van der Waals surface area (Å²) >= 11 is 0. The molecule has 6 heteroatoms. The predicted octanol–water partition coefficient (Wildman–Crippen LogP) is 0.375. The zero-order valence-electron chi connectivity index (χ0n) is 11.1. The van der Waals surface area contributed by atoms with Gasteiger partial charge in [0.05, 0.1) is 6.61 Å². The van der Waals surface area contributed by atoms with Gasteiger partial charge in [-0.05, 0) is 27.7 Å². The van der Waals surface area contributed by atoms with E-state index in [2.05, 4.69) is 0 Å². The molecule has 0 radical (unpaired) electrons. The first-order chi connectivity index (χ1) is 8.27. The average molecular weight is 260 g/mol. The van der Waals surface area contributed by atoms with Crippen LogP contribution in [0.3, 0.4) is 0 Å². The quantitative estimate of drug-likeness (QED) is 0.735. The van der Waals surface area contributed by atoms with Crippen LogP contribution in [-0.2, 0) is 23.7 Å². The van der Waals surface area contributed by atoms with E-state index in [9.17, 15) is 5.11 Å². The summed E-state index contributed by atoms with van der Waals surface area (Å²) < 4.78 is 28.1. The van der Waals surface area contributed by atoms with Crippen molar-refractivity contribution in [2.75, 3.05) is 6.61 Å². The highest BCUT2D eigenvalue weighted by Gasteiger charge is 2.57. The molecule has 1 N–H and O–H groups in total. The van der Waals surface area contributed by atoms with Gasteiger partial charge in [-0.25, -0.2) is 0 Å². The maximum absolute atomic E-state index is 10.3. The van der Waals surface area contributed by atoms with Gasteiger partial charge in [0.1, 0.15) is 24.4 Å². The molecule has 3 fully saturated rings. The molecule has 0 aliphatic carbocycles. The van der Waals surface area contributed by atoms with E-state index < -0.39 is 36.2 Å². The van der Waals surface area contributed by atoms with Crippen LogP contribution in [0, 0.1) is 0 Å². The van der Waals surface area contributed by atoms with Crippen molar-refractivity contribution in [2.45, 2.75) is 70.0 Å². The van der Waals surface area contributed by atoms with E-state index in [1.165, 1.54) is 0 Å². The third-order valence-corrected chi connectivity index (χ3v) is 3.45. The fraction of sp³-hybridized carbons (Fsp3) is 1.00. The topological polar surface area (TPSA) is 66.4 Å². The highest BCUT2D eigenvalue weighted by atomic mass is 16.8. The van der Waals surface area contributed by atoms with Gasteiger partial charge >= 0.3 is 0 Å². The third-order valence-electron chi connectivity index (χ3n) is 3.45. The number of aliphatic hydroxyl groups excluding tert-OH is 1. The molecule has 3 rings (SSSR count). The fourth-order valence-corrected chi connectivity index (χ4v) is 2.70. The molecule has 18 heavy (non-hydrogen) atoms. The van der Waals surface area contributed by atoms with Crippen LogP contribution in [0.5, 0.6) is 0 Å². The van der Waals surface area contributed by atoms with Crippen LogP contribution in [0.1, 0.15) is 27.7 Å². The summed E-state index contributed by atoms with van der Waals surface area (Å²) in [6.07, 6.45) is -2.53. The first kappa shape index (κ1) is 12.8. The number of rotatable bonds is 1. The van der Waals surface area contributed by atoms with Crippen molar-refractivity contribution in [3.8, 4) is 0 Å². The molecule has 0 amide bonds. The first-order valence-electron chi connectivity index (χ1n) is 6.28. The molecule has 0 aromatic heterocycles. The highest BCUT2D eigenvalue weighted by Crippen LogP contribution is 2.40. The summed E-state index contributed by atoms with van der Waals surface area (Å²) in [7, 11) is 0. The minimum atomic E-state index is -0.765. The van der Waals surface area contributed by atoms with Crippen molar-refractivity contribution in [2.24, 2.45) is 0 Å². The van der Waals surface area contributed by atoms with Crippen molar-refractivity contribution in [1.29, 1.82) is 0 Å². The Morgan fingerprint density at radius 2 is 1.67 bits per heavy atom. The van der Waals surface area contributed by atoms with Crippen LogP contribution in [0.25, 0.3) is 0 Å². The second kappa shape index (κ2) is 3.88. The third kappa shape index (κ3) is 2.07. The normalized spacial score (nSPS) is 49.5. The van der Waals surface area contributed by atoms with Gasteiger partial charge in [-0.2, -0.15) is 0 Å². The van der Waals surface area contributed by atoms with Crippen LogP contribution in [0.15, 0.2) is 0 Å². The Labute approximate surface area is 106 Å². The number of hydrogen-bond donors (Lipinski definition) is 1. The molecule has 104 valence electrons. The van der Waals surface area contributed by atoms with Gasteiger partial charge in [-0.15, -0.1) is 0 Å². The molecule has 0 aromatic carbocycles. The van der Waals surface area contributed by atoms with Crippen molar-refractivity contribution in [1.82, 2.24) is 0 Å². The van der Waals surface area contributed by atoms with Crippen LogP contribution in [0.2, 0.25) is 0 Å². The Balaban J connectivity index is 1.68. The second-order valence-corrected chi connectivity index (χ2v) is 5.93. The van der Waals surface area contributed by atoms with Gasteiger partial charge in [-0.3, -0.25) is 0 Å². The Bertz CT molecular complexity index is 341. The molecule has 0 saturated carbocycles. The Hall–Kier alpha value is -0.240. The van der Waals surface area contributed by atoms with Crippen LogP contribution >= 0.6 is 0 Å². The molecule has 0 bridgehead atoms. The Morgan fingerprint density at radius 3 is 2.22 bits per heavy atom. The van der Waals surface area contributed by atoms with Gasteiger partial charge in [0.25, 0.3) is 0 Å². The van der Waals surface area contributed by atoms with E-state index in [1.54, 1.807) is 13.8 Å². The van der Waals surface area contributed by atoms with Crippen molar-refractivity contribution >= 4 is 0 Å². The molecule has 5 atom stereocenters. The van der Waals surface area contributed by atoms with Gasteiger partial charge in [0, 0.05) is 0 Å². The Morgan fingerprint density at radius 1 is 0.944 bits per heavy atom. The maximum Gasteiger partial charge on any atom is 0.190 e. The number of hydrogen-bond acceptors (Lipinski definition) is 6. The molecule has 6 nitrogen and oxygen atoms in total. The SMILES string of the molecule is CC1(C)O[C@H]2O[C@@H]([C@H]3COC(C)(C)O3)C(O)[C@H]2O1. The smallest absolute Gasteiger partial charge is 0.190 e. The minimum Gasteiger partial charge on any atom is -0.387 e. The van der Waals surface area contributed by atoms with Gasteiger partial charge in [-0.1, -0.05) is 0 Å². The van der Waals surface area contributed by atoms with Gasteiger partial charge in [0.2, 0.25) is 0 Å². The lowest BCUT2D eigenvalue weighted by Crippen LogP contribution is -2.42. The lowest BCUT2D eigenvalue weighted by atomic mass is 10.1. The molecule has 0 aromatic rings. The van der Waals surface area contributed by atoms with Gasteiger partial charge < -0.3 is 28.8 Å². The molecule has 3 saturated heterocycles. The molecule has 3 aliphatic heterocycles. The first-order valence-corrected chi connectivity index (χ1v) is 6.28. The number of fused-ring (bicyclic) bond motifs is 1. The predicted molar refractivity (Wildman–Crippen MR) is 59.6 cm³/mol. The molecule has 3 heterocycles. The fourth-order valence-electron chi connectivity index (χ4n) is 2.70. The zero-order chi connectivity index (χ0) is 13.1. The Kier molecular flexibility index (Phi) is 2.75. The maximum atomic E-state index is 10.3. The largest absolute Gasteiger partial charge is 0.387 e. The monoisotopic (exact) mass is 260 g/mol. The second-order valence-electron chi connectivity index (χ2n) is 5.93. The highest BCUT2D eigenvalue weighted by molar-refractivity contribution is 4.97. The van der Waals surface area contributed by atoms with Crippen molar-refractivity contribution in [3.05, 3.63) is 0 Å². The zero-order valence-corrected chi connectivity index (χ0v) is 11.1. The summed E-state index contributed by atoms with van der Waals surface area (Å²) in [5.41, 5.74) is 0. The summed E-state index contributed by atoms with van der Waals surface area (Å²) in [5.74, 6) is -1.35. The van der Waals surface area contributed by atoms with Crippen molar-refractivity contribution in [3.63, 3.8) is 0 Å². The molecule has 0 spiro atoms. The van der Waals surface area contributed by atoms with E-state index in [0.29, 0.717) is 6.61 Å². The van der Waals surface area contributed by atoms with E-state index in [1.807, 2.05) is 13.8 Å². The number of ether oxygens (including phenoxy) is 5. The lowest BCUT2D eigenvalue weighted by Gasteiger charge is -2.26. The summed E-state index contributed by atoms with van der Waals surface area (Å²) in [5, 5.41) is 10.3. The van der Waals surface area contributed by atoms with Crippen molar-refractivity contribution < 1.29 is 28.8 Å².